The number of nitrogens with zero attached hydrogens (tertiary/aromatic N) is 1. The van der Waals surface area contributed by atoms with E-state index in [9.17, 15) is 26.0 Å². The van der Waals surface area contributed by atoms with Gasteiger partial charge in [0.1, 0.15) is 5.82 Å². The van der Waals surface area contributed by atoms with Crippen LogP contribution in [0.15, 0.2) is 77.7 Å². The van der Waals surface area contributed by atoms with Crippen LogP contribution in [0, 0.1) is 11.7 Å². The Morgan fingerprint density at radius 3 is 2.16 bits per heavy atom. The van der Waals surface area contributed by atoms with E-state index in [1.807, 2.05) is 0 Å². The first-order chi connectivity index (χ1) is 17.5. The summed E-state index contributed by atoms with van der Waals surface area (Å²) in [6, 6.07) is 17.3. The maximum Gasteiger partial charge on any atom is 0.261 e. The third-order valence-electron chi connectivity index (χ3n) is 5.98. The largest absolute Gasteiger partial charge is 0.326 e. The molecule has 0 atom stereocenters. The Morgan fingerprint density at radius 2 is 1.54 bits per heavy atom. The molecule has 2 N–H and O–H groups in total. The number of nitrogens with one attached hydrogen (secondary N) is 2. The van der Waals surface area contributed by atoms with Crippen LogP contribution in [-0.4, -0.2) is 40.1 Å². The van der Waals surface area contributed by atoms with Gasteiger partial charge in [-0.05, 0) is 79.1 Å². The molecule has 1 fully saturated rings. The molecule has 1 aliphatic heterocycles. The molecule has 0 unspecified atom stereocenters. The lowest BCUT2D eigenvalue weighted by Gasteiger charge is -2.30. The van der Waals surface area contributed by atoms with Crippen LogP contribution >= 0.6 is 11.6 Å². The summed E-state index contributed by atoms with van der Waals surface area (Å²) in [7, 11) is -7.44. The predicted molar refractivity (Wildman–Crippen MR) is 141 cm³/mol. The smallest absolute Gasteiger partial charge is 0.261 e. The maximum absolute atomic E-state index is 13.0. The van der Waals surface area contributed by atoms with Crippen molar-refractivity contribution in [3.63, 3.8) is 0 Å². The highest BCUT2D eigenvalue weighted by molar-refractivity contribution is 7.92. The van der Waals surface area contributed by atoms with E-state index in [4.69, 9.17) is 11.6 Å². The zero-order valence-corrected chi connectivity index (χ0v) is 22.0. The van der Waals surface area contributed by atoms with E-state index in [-0.39, 0.29) is 41.3 Å². The maximum atomic E-state index is 13.0. The Bertz CT molecular complexity index is 1470. The minimum atomic E-state index is -3.89. The molecule has 0 bridgehead atoms. The van der Waals surface area contributed by atoms with Gasteiger partial charge in [-0.2, -0.15) is 0 Å². The van der Waals surface area contributed by atoms with Crippen LogP contribution in [0.5, 0.6) is 0 Å². The van der Waals surface area contributed by atoms with Crippen LogP contribution in [0.4, 0.5) is 15.8 Å². The molecule has 8 nitrogen and oxygen atoms in total. The van der Waals surface area contributed by atoms with Crippen LogP contribution in [-0.2, 0) is 30.6 Å². The third kappa shape index (κ3) is 7.07. The fourth-order valence-electron chi connectivity index (χ4n) is 4.02. The van der Waals surface area contributed by atoms with Crippen molar-refractivity contribution in [2.24, 2.45) is 5.92 Å². The molecule has 1 aliphatic rings. The lowest BCUT2D eigenvalue weighted by atomic mass is 9.97. The number of carbonyl (C=O) groups excluding carboxylic acids is 1. The summed E-state index contributed by atoms with van der Waals surface area (Å²) in [4.78, 5) is 12.7. The molecule has 1 saturated heterocycles. The quantitative estimate of drug-likeness (QED) is 0.419. The fraction of sp³-hybridized carbons (Fsp3) is 0.240. The van der Waals surface area contributed by atoms with Crippen molar-refractivity contribution in [3.05, 3.63) is 89.2 Å². The van der Waals surface area contributed by atoms with Crippen molar-refractivity contribution in [1.29, 1.82) is 0 Å². The summed E-state index contributed by atoms with van der Waals surface area (Å²) in [6.07, 6.45) is 0.739. The Kier molecular flexibility index (Phi) is 8.17. The summed E-state index contributed by atoms with van der Waals surface area (Å²) < 4.78 is 67.5. The summed E-state index contributed by atoms with van der Waals surface area (Å²) in [5.41, 5.74) is 1.24. The third-order valence-corrected chi connectivity index (χ3v) is 9.47. The summed E-state index contributed by atoms with van der Waals surface area (Å²) in [6.45, 7) is 0.459. The zero-order chi connectivity index (χ0) is 26.6. The van der Waals surface area contributed by atoms with Gasteiger partial charge in [0.25, 0.3) is 10.0 Å². The SMILES string of the molecule is O=C(Nc1ccc(S(=O)(=O)Nc2ccc(F)cc2)cc1)C1CCN(S(=O)(=O)Cc2cccc(Cl)c2)CC1. The van der Waals surface area contributed by atoms with E-state index in [2.05, 4.69) is 10.0 Å². The molecular weight excluding hydrogens is 541 g/mol. The fourth-order valence-corrected chi connectivity index (χ4v) is 6.84. The average molecular weight is 566 g/mol. The van der Waals surface area contributed by atoms with Crippen molar-refractivity contribution in [3.8, 4) is 0 Å². The van der Waals surface area contributed by atoms with E-state index in [0.29, 0.717) is 29.1 Å². The number of hydrogen-bond acceptors (Lipinski definition) is 5. The second-order valence-electron chi connectivity index (χ2n) is 8.69. The predicted octanol–water partition coefficient (Wildman–Crippen LogP) is 4.46. The number of carbonyl (C=O) groups is 1. The molecule has 0 radical (unpaired) electrons. The Morgan fingerprint density at radius 1 is 0.919 bits per heavy atom. The van der Waals surface area contributed by atoms with Gasteiger partial charge in [0, 0.05) is 35.4 Å². The molecule has 12 heteroatoms. The van der Waals surface area contributed by atoms with Crippen LogP contribution < -0.4 is 10.0 Å². The molecule has 0 spiro atoms. The highest BCUT2D eigenvalue weighted by Crippen LogP contribution is 2.25. The van der Waals surface area contributed by atoms with Crippen molar-refractivity contribution in [1.82, 2.24) is 4.31 Å². The highest BCUT2D eigenvalue weighted by Gasteiger charge is 2.31. The zero-order valence-electron chi connectivity index (χ0n) is 19.6. The van der Waals surface area contributed by atoms with Gasteiger partial charge in [0.05, 0.1) is 10.6 Å². The molecule has 1 heterocycles. The van der Waals surface area contributed by atoms with Crippen LogP contribution in [0.25, 0.3) is 0 Å². The van der Waals surface area contributed by atoms with Gasteiger partial charge in [0.15, 0.2) is 0 Å². The summed E-state index contributed by atoms with van der Waals surface area (Å²) >= 11 is 5.95. The number of benzene rings is 3. The van der Waals surface area contributed by atoms with E-state index in [1.165, 1.54) is 40.7 Å². The Hall–Kier alpha value is -2.99. The topological polar surface area (TPSA) is 113 Å². The standard InChI is InChI=1S/C25H25ClFN3O5S2/c26-20-3-1-2-18(16-20)17-36(32,33)30-14-12-19(13-15-30)25(31)28-22-8-10-24(11-9-22)37(34,35)29-23-6-4-21(27)5-7-23/h1-11,16,19,29H,12-15,17H2,(H,28,31). The second kappa shape index (κ2) is 11.2. The van der Waals surface area contributed by atoms with Gasteiger partial charge >= 0.3 is 0 Å². The summed E-state index contributed by atoms with van der Waals surface area (Å²) in [5.74, 6) is -1.27. The van der Waals surface area contributed by atoms with E-state index in [1.54, 1.807) is 24.3 Å². The molecule has 0 aromatic heterocycles. The van der Waals surface area contributed by atoms with Gasteiger partial charge in [-0.25, -0.2) is 25.5 Å². The number of sulfonamides is 2. The monoisotopic (exact) mass is 565 g/mol. The first kappa shape index (κ1) is 27.1. The van der Waals surface area contributed by atoms with Crippen LogP contribution in [0.1, 0.15) is 18.4 Å². The van der Waals surface area contributed by atoms with Crippen molar-refractivity contribution >= 4 is 48.9 Å². The lowest BCUT2D eigenvalue weighted by molar-refractivity contribution is -0.120. The number of piperidine rings is 1. The molecule has 0 aliphatic carbocycles. The van der Waals surface area contributed by atoms with Gasteiger partial charge in [-0.15, -0.1) is 0 Å². The molecule has 4 rings (SSSR count). The van der Waals surface area contributed by atoms with Gasteiger partial charge < -0.3 is 5.32 Å². The molecule has 3 aromatic carbocycles. The Labute approximate surface area is 220 Å². The normalized spacial score (nSPS) is 15.3. The van der Waals surface area contributed by atoms with Crippen LogP contribution in [0.2, 0.25) is 5.02 Å². The lowest BCUT2D eigenvalue weighted by Crippen LogP contribution is -2.41. The number of rotatable bonds is 8. The minimum absolute atomic E-state index is 0.0203. The minimum Gasteiger partial charge on any atom is -0.326 e. The van der Waals surface area contributed by atoms with Gasteiger partial charge in [-0.3, -0.25) is 9.52 Å². The number of hydrogen-bond donors (Lipinski definition) is 2. The van der Waals surface area contributed by atoms with Gasteiger partial charge in [-0.1, -0.05) is 23.7 Å². The number of amides is 1. The van der Waals surface area contributed by atoms with Crippen molar-refractivity contribution in [2.45, 2.75) is 23.5 Å². The first-order valence-electron chi connectivity index (χ1n) is 11.4. The molecule has 1 amide bonds. The second-order valence-corrected chi connectivity index (χ2v) is 12.8. The van der Waals surface area contributed by atoms with Crippen molar-refractivity contribution in [2.75, 3.05) is 23.1 Å². The first-order valence-corrected chi connectivity index (χ1v) is 14.9. The number of halogens is 2. The van der Waals surface area contributed by atoms with E-state index >= 15 is 0 Å². The van der Waals surface area contributed by atoms with Gasteiger partial charge in [0.2, 0.25) is 15.9 Å². The molecule has 37 heavy (non-hydrogen) atoms. The molecule has 3 aromatic rings. The molecule has 0 saturated carbocycles. The average Bonchev–Trinajstić information content (AvgIpc) is 2.85. The van der Waals surface area contributed by atoms with E-state index < -0.39 is 25.9 Å². The Balaban J connectivity index is 1.31. The van der Waals surface area contributed by atoms with Crippen molar-refractivity contribution < 1.29 is 26.0 Å². The van der Waals surface area contributed by atoms with E-state index in [0.717, 1.165) is 12.1 Å². The van der Waals surface area contributed by atoms with Crippen LogP contribution in [0.3, 0.4) is 0 Å². The molecule has 196 valence electrons. The number of anilines is 2. The molecular formula is C25H25ClFN3O5S2. The summed E-state index contributed by atoms with van der Waals surface area (Å²) in [5, 5.41) is 3.24. The highest BCUT2D eigenvalue weighted by atomic mass is 35.5.